The van der Waals surface area contributed by atoms with Crippen LogP contribution in [0.15, 0.2) is 54.6 Å². The Morgan fingerprint density at radius 3 is 2.43 bits per heavy atom. The van der Waals surface area contributed by atoms with Gasteiger partial charge in [-0.25, -0.2) is 17.6 Å². The van der Waals surface area contributed by atoms with Crippen molar-refractivity contribution in [2.75, 3.05) is 41.1 Å². The molecule has 4 rings (SSSR count). The highest BCUT2D eigenvalue weighted by molar-refractivity contribution is 7.93. The van der Waals surface area contributed by atoms with Crippen LogP contribution in [0.2, 0.25) is 0 Å². The van der Waals surface area contributed by atoms with Crippen molar-refractivity contribution in [1.82, 2.24) is 4.90 Å². The molecule has 42 heavy (non-hydrogen) atoms. The Bertz CT molecular complexity index is 1650. The van der Waals surface area contributed by atoms with Crippen LogP contribution in [0.25, 0.3) is 10.8 Å². The van der Waals surface area contributed by atoms with Crippen molar-refractivity contribution in [2.24, 2.45) is 0 Å². The van der Waals surface area contributed by atoms with Crippen molar-refractivity contribution >= 4 is 44.2 Å². The third-order valence-corrected chi connectivity index (χ3v) is 8.32. The molecule has 222 valence electrons. The second-order valence-electron chi connectivity index (χ2n) is 11.1. The lowest BCUT2D eigenvalue weighted by atomic mass is 10.0. The van der Waals surface area contributed by atoms with Crippen molar-refractivity contribution in [3.05, 3.63) is 71.5 Å². The van der Waals surface area contributed by atoms with Gasteiger partial charge in [0.2, 0.25) is 10.0 Å². The lowest BCUT2D eigenvalue weighted by Crippen LogP contribution is -2.40. The average molecular weight is 596 g/mol. The number of anilines is 2. The number of halogens is 1. The molecule has 1 aliphatic heterocycles. The van der Waals surface area contributed by atoms with E-state index in [1.165, 1.54) is 12.1 Å². The van der Waals surface area contributed by atoms with Crippen LogP contribution in [0.1, 0.15) is 38.3 Å². The van der Waals surface area contributed by atoms with E-state index in [-0.39, 0.29) is 17.9 Å². The summed E-state index contributed by atoms with van der Waals surface area (Å²) in [5.41, 5.74) is 0.492. The third kappa shape index (κ3) is 7.47. The zero-order valence-corrected chi connectivity index (χ0v) is 24.5. The Hall–Kier alpha value is -4.37. The fraction of sp³-hybridized carbons (Fsp3) is 0.367. The number of sulfonamides is 1. The van der Waals surface area contributed by atoms with Gasteiger partial charge in [-0.2, -0.15) is 5.26 Å². The molecule has 10 nitrogen and oxygen atoms in total. The van der Waals surface area contributed by atoms with Gasteiger partial charge in [0.1, 0.15) is 17.2 Å². The maximum absolute atomic E-state index is 15.6. The van der Waals surface area contributed by atoms with Gasteiger partial charge in [-0.1, -0.05) is 18.2 Å². The molecular weight excluding hydrogens is 563 g/mol. The molecule has 0 bridgehead atoms. The van der Waals surface area contributed by atoms with Gasteiger partial charge in [0.15, 0.2) is 0 Å². The van der Waals surface area contributed by atoms with E-state index < -0.39 is 39.3 Å². The van der Waals surface area contributed by atoms with Crippen molar-refractivity contribution in [3.8, 4) is 6.07 Å². The fourth-order valence-electron chi connectivity index (χ4n) is 4.78. The van der Waals surface area contributed by atoms with Crippen LogP contribution in [0.3, 0.4) is 0 Å². The maximum Gasteiger partial charge on any atom is 0.410 e. The van der Waals surface area contributed by atoms with E-state index in [0.29, 0.717) is 49.1 Å². The number of ether oxygens (including phenoxy) is 1. The summed E-state index contributed by atoms with van der Waals surface area (Å²) < 4.78 is 48.1. The topological polar surface area (TPSA) is 134 Å². The van der Waals surface area contributed by atoms with E-state index in [0.717, 1.165) is 15.8 Å². The van der Waals surface area contributed by atoms with Crippen molar-refractivity contribution in [2.45, 2.75) is 39.3 Å². The summed E-state index contributed by atoms with van der Waals surface area (Å²) in [6.07, 6.45) is 0.133. The first kappa shape index (κ1) is 30.6. The second kappa shape index (κ2) is 12.2. The summed E-state index contributed by atoms with van der Waals surface area (Å²) in [7, 11) is -4.45. The number of nitrogens with zero attached hydrogens (tertiary/aromatic N) is 4. The standard InChI is InChI=1S/C30H33FN4O6S/c1-30(2,3)41-29(38)34-12-4-11-33(13-14-34)27-10-9-25(17-26(27)31)35(42(39,40)20-28(36)37)19-22-6-8-23-7-5-21(18-32)15-24(23)16-22/h5-10,15-17H,4,11-14,19-20H2,1-3H3,(H,36,37)/p-1. The number of rotatable bonds is 7. The van der Waals surface area contributed by atoms with Crippen molar-refractivity contribution in [1.29, 1.82) is 5.26 Å². The Morgan fingerprint density at radius 1 is 1.02 bits per heavy atom. The Balaban J connectivity index is 1.60. The smallest absolute Gasteiger partial charge is 0.410 e. The molecule has 0 spiro atoms. The third-order valence-electron chi connectivity index (χ3n) is 6.70. The molecule has 0 radical (unpaired) electrons. The van der Waals surface area contributed by atoms with E-state index in [2.05, 4.69) is 6.07 Å². The number of carboxylic acid groups (broad SMARTS) is 1. The number of carboxylic acids is 1. The molecule has 0 aromatic heterocycles. The number of amides is 1. The SMILES string of the molecule is CC(C)(C)OC(=O)N1CCCN(c2ccc(N(Cc3ccc4ccc(C#N)cc4c3)S(=O)(=O)CC(=O)[O-])cc2F)CC1. The normalized spacial score (nSPS) is 14.3. The number of carbonyl (C=O) groups is 2. The first-order valence-corrected chi connectivity index (χ1v) is 15.0. The van der Waals surface area contributed by atoms with E-state index in [1.54, 1.807) is 67.0 Å². The van der Waals surface area contributed by atoms with E-state index in [4.69, 9.17) is 4.74 Å². The number of hydrogen-bond donors (Lipinski definition) is 0. The highest BCUT2D eigenvalue weighted by Gasteiger charge is 2.27. The first-order chi connectivity index (χ1) is 19.8. The monoisotopic (exact) mass is 595 g/mol. The summed E-state index contributed by atoms with van der Waals surface area (Å²) in [4.78, 5) is 27.2. The molecule has 1 fully saturated rings. The maximum atomic E-state index is 15.6. The Labute approximate surface area is 244 Å². The molecule has 1 saturated heterocycles. The predicted molar refractivity (Wildman–Crippen MR) is 155 cm³/mol. The second-order valence-corrected chi connectivity index (χ2v) is 13.0. The number of fused-ring (bicyclic) bond motifs is 1. The van der Waals surface area contributed by atoms with Crippen LogP contribution in [0.4, 0.5) is 20.6 Å². The molecule has 0 atom stereocenters. The number of hydrogen-bond acceptors (Lipinski definition) is 8. The molecule has 1 heterocycles. The van der Waals surface area contributed by atoms with Crippen LogP contribution in [0.5, 0.6) is 0 Å². The zero-order chi connectivity index (χ0) is 30.7. The number of aliphatic carboxylic acids is 1. The zero-order valence-electron chi connectivity index (χ0n) is 23.7. The minimum absolute atomic E-state index is 0.0476. The highest BCUT2D eigenvalue weighted by Crippen LogP contribution is 2.30. The highest BCUT2D eigenvalue weighted by atomic mass is 32.2. The van der Waals surface area contributed by atoms with E-state index in [1.807, 2.05) is 0 Å². The minimum atomic E-state index is -4.45. The largest absolute Gasteiger partial charge is 0.549 e. The van der Waals surface area contributed by atoms with Crippen LogP contribution >= 0.6 is 0 Å². The molecule has 12 heteroatoms. The molecule has 0 N–H and O–H groups in total. The molecule has 1 amide bonds. The van der Waals surface area contributed by atoms with Gasteiger partial charge in [-0.05, 0) is 73.9 Å². The van der Waals surface area contributed by atoms with Crippen molar-refractivity contribution in [3.63, 3.8) is 0 Å². The van der Waals surface area contributed by atoms with Crippen LogP contribution < -0.4 is 14.3 Å². The minimum Gasteiger partial charge on any atom is -0.549 e. The first-order valence-electron chi connectivity index (χ1n) is 13.4. The fourth-order valence-corrected chi connectivity index (χ4v) is 6.02. The molecule has 3 aromatic rings. The van der Waals surface area contributed by atoms with E-state index >= 15 is 4.39 Å². The summed E-state index contributed by atoms with van der Waals surface area (Å²) in [5, 5.41) is 22.1. The number of nitriles is 1. The number of benzene rings is 3. The molecular formula is C30H32FN4O6S-. The lowest BCUT2D eigenvalue weighted by Gasteiger charge is -2.28. The molecule has 1 aliphatic rings. The van der Waals surface area contributed by atoms with Gasteiger partial charge >= 0.3 is 6.09 Å². The molecule has 0 aliphatic carbocycles. The van der Waals surface area contributed by atoms with Gasteiger partial charge < -0.3 is 24.4 Å². The number of carbonyl (C=O) groups excluding carboxylic acids is 2. The quantitative estimate of drug-likeness (QED) is 0.406. The van der Waals surface area contributed by atoms with Crippen molar-refractivity contribution < 1.29 is 32.2 Å². The van der Waals surface area contributed by atoms with Gasteiger partial charge in [0.05, 0.1) is 35.5 Å². The summed E-state index contributed by atoms with van der Waals surface area (Å²) in [5.74, 6) is -3.76. The molecule has 3 aromatic carbocycles. The summed E-state index contributed by atoms with van der Waals surface area (Å²) in [6, 6.07) is 16.3. The van der Waals surface area contributed by atoms with Gasteiger partial charge in [-0.15, -0.1) is 0 Å². The Morgan fingerprint density at radius 2 is 1.76 bits per heavy atom. The van der Waals surface area contributed by atoms with Gasteiger partial charge in [0.25, 0.3) is 0 Å². The predicted octanol–water partition coefficient (Wildman–Crippen LogP) is 3.38. The van der Waals surface area contributed by atoms with Gasteiger partial charge in [0, 0.05) is 32.2 Å². The van der Waals surface area contributed by atoms with Crippen LogP contribution in [0, 0.1) is 17.1 Å². The molecule has 0 saturated carbocycles. The van der Waals surface area contributed by atoms with Crippen LogP contribution in [-0.4, -0.2) is 62.9 Å². The Kier molecular flexibility index (Phi) is 8.92. The molecule has 0 unspecified atom stereocenters. The average Bonchev–Trinajstić information content (AvgIpc) is 3.16. The summed E-state index contributed by atoms with van der Waals surface area (Å²) >= 11 is 0. The van der Waals surface area contributed by atoms with E-state index in [9.17, 15) is 28.4 Å². The van der Waals surface area contributed by atoms with Crippen LogP contribution in [-0.2, 0) is 26.1 Å². The lowest BCUT2D eigenvalue weighted by molar-refractivity contribution is -0.301. The van der Waals surface area contributed by atoms with Gasteiger partial charge in [-0.3, -0.25) is 4.31 Å². The summed E-state index contributed by atoms with van der Waals surface area (Å²) in [6.45, 7) is 6.65.